The second-order valence-electron chi connectivity index (χ2n) is 7.50. The van der Waals surface area contributed by atoms with Crippen molar-refractivity contribution >= 4 is 28.7 Å². The van der Waals surface area contributed by atoms with Crippen LogP contribution in [0.1, 0.15) is 19.4 Å². The van der Waals surface area contributed by atoms with Crippen molar-refractivity contribution in [3.8, 4) is 5.75 Å². The Hall–Kier alpha value is -3.37. The summed E-state index contributed by atoms with van der Waals surface area (Å²) in [4.78, 5) is 35.9. The molecule has 0 fully saturated rings. The number of likely N-dealkylation sites (N-methyl/N-ethyl adjacent to an activating group) is 1. The number of aliphatic hydroxyl groups is 1. The first-order valence-corrected chi connectivity index (χ1v) is 9.98. The predicted molar refractivity (Wildman–Crippen MR) is 120 cm³/mol. The Morgan fingerprint density at radius 3 is 2.31 bits per heavy atom. The number of nitrogens with one attached hydrogen (secondary N) is 2. The zero-order valence-corrected chi connectivity index (χ0v) is 18.7. The van der Waals surface area contributed by atoms with Gasteiger partial charge < -0.3 is 35.3 Å². The summed E-state index contributed by atoms with van der Waals surface area (Å²) in [5.74, 6) is -1.80. The molecular weight excluding hydrogens is 418 g/mol. The van der Waals surface area contributed by atoms with Crippen molar-refractivity contribution in [1.82, 2.24) is 15.2 Å². The van der Waals surface area contributed by atoms with E-state index < -0.39 is 18.0 Å². The van der Waals surface area contributed by atoms with Crippen LogP contribution in [-0.4, -0.2) is 82.4 Å². The van der Waals surface area contributed by atoms with Gasteiger partial charge >= 0.3 is 11.9 Å². The lowest BCUT2D eigenvalue weighted by Gasteiger charge is -2.16. The van der Waals surface area contributed by atoms with Gasteiger partial charge in [0.05, 0.1) is 6.42 Å². The van der Waals surface area contributed by atoms with Crippen molar-refractivity contribution in [2.24, 2.45) is 0 Å². The number of carbonyl (C=O) groups is 3. The van der Waals surface area contributed by atoms with Crippen LogP contribution in [0.5, 0.6) is 5.75 Å². The van der Waals surface area contributed by atoms with Crippen LogP contribution in [0.25, 0.3) is 10.9 Å². The number of aliphatic carboxylic acids is 2. The summed E-state index contributed by atoms with van der Waals surface area (Å²) >= 11 is 0. The largest absolute Gasteiger partial charge is 0.490 e. The van der Waals surface area contributed by atoms with Crippen molar-refractivity contribution in [3.05, 3.63) is 42.1 Å². The first-order chi connectivity index (χ1) is 15.0. The van der Waals surface area contributed by atoms with E-state index in [-0.39, 0.29) is 12.5 Å². The number of hydrogen-bond acceptors (Lipinski definition) is 6. The van der Waals surface area contributed by atoms with Crippen molar-refractivity contribution in [1.29, 1.82) is 0 Å². The van der Waals surface area contributed by atoms with Gasteiger partial charge in [-0.05, 0) is 17.7 Å². The lowest BCUT2D eigenvalue weighted by molar-refractivity contribution is -0.134. The number of hydrogen-bond donors (Lipinski definition) is 5. The molecule has 5 N–H and O–H groups in total. The number of carboxylic acid groups (broad SMARTS) is 2. The number of fused-ring (bicyclic) bond motifs is 1. The maximum absolute atomic E-state index is 12.0. The number of nitrogens with zero attached hydrogens (tertiary/aromatic N) is 1. The number of aromatic nitrogens is 1. The number of H-pyrrole nitrogens is 1. The Kier molecular flexibility index (Phi) is 10.9. The van der Waals surface area contributed by atoms with Gasteiger partial charge in [0.1, 0.15) is 18.5 Å². The molecule has 0 aliphatic heterocycles. The minimum Gasteiger partial charge on any atom is -0.490 e. The van der Waals surface area contributed by atoms with Crippen LogP contribution in [0.3, 0.4) is 0 Å². The van der Waals surface area contributed by atoms with Gasteiger partial charge in [0, 0.05) is 55.9 Å². The molecule has 1 atom stereocenters. The van der Waals surface area contributed by atoms with E-state index in [0.717, 1.165) is 16.5 Å². The predicted octanol–water partition coefficient (Wildman–Crippen LogP) is 1.25. The maximum atomic E-state index is 12.0. The van der Waals surface area contributed by atoms with Crippen LogP contribution in [0.4, 0.5) is 0 Å². The fourth-order valence-electron chi connectivity index (χ4n) is 2.56. The number of aromatic amines is 1. The van der Waals surface area contributed by atoms with Crippen LogP contribution >= 0.6 is 0 Å². The van der Waals surface area contributed by atoms with Gasteiger partial charge in [-0.15, -0.1) is 0 Å². The summed E-state index contributed by atoms with van der Waals surface area (Å²) < 4.78 is 5.82. The highest BCUT2D eigenvalue weighted by Crippen LogP contribution is 2.29. The zero-order chi connectivity index (χ0) is 24.3. The molecular formula is C22H31N3O7. The molecule has 0 spiro atoms. The lowest BCUT2D eigenvalue weighted by atomic mass is 10.1. The molecule has 2 rings (SSSR count). The normalized spacial score (nSPS) is 11.8. The Morgan fingerprint density at radius 2 is 1.78 bits per heavy atom. The highest BCUT2D eigenvalue weighted by atomic mass is 16.5. The molecule has 0 bridgehead atoms. The molecule has 176 valence electrons. The SMILES string of the molecule is CC(C)NCC(O)COc1cccc2[nH]cc(CC(=O)N(C)C)c12.O=C(O)/C=C/C(=O)O. The molecule has 2 aromatic rings. The average molecular weight is 450 g/mol. The first kappa shape index (κ1) is 26.7. The van der Waals surface area contributed by atoms with E-state index in [1.54, 1.807) is 19.0 Å². The van der Waals surface area contributed by atoms with E-state index in [1.165, 1.54) is 0 Å². The third-order valence-electron chi connectivity index (χ3n) is 4.15. The van der Waals surface area contributed by atoms with Gasteiger partial charge in [-0.25, -0.2) is 9.59 Å². The highest BCUT2D eigenvalue weighted by Gasteiger charge is 2.15. The summed E-state index contributed by atoms with van der Waals surface area (Å²) in [7, 11) is 3.49. The number of rotatable bonds is 10. The standard InChI is InChI=1S/C18H27N3O3.C4H4O4/c1-12(2)19-10-14(22)11-24-16-7-5-6-15-18(16)13(9-20-15)8-17(23)21(3)4;5-3(6)1-2-4(7)8/h5-7,9,12,14,19-20,22H,8,10-11H2,1-4H3;1-2H,(H,5,6)(H,7,8)/b;2-1+. The summed E-state index contributed by atoms with van der Waals surface area (Å²) in [5.41, 5.74) is 1.82. The quantitative estimate of drug-likeness (QED) is 0.340. The molecule has 0 aliphatic rings. The molecule has 1 unspecified atom stereocenters. The van der Waals surface area contributed by atoms with Crippen molar-refractivity contribution < 1.29 is 34.4 Å². The molecule has 0 aliphatic carbocycles. The Morgan fingerprint density at radius 1 is 1.16 bits per heavy atom. The van der Waals surface area contributed by atoms with Gasteiger partial charge in [0.25, 0.3) is 0 Å². The Bertz CT molecular complexity index is 919. The molecule has 32 heavy (non-hydrogen) atoms. The smallest absolute Gasteiger partial charge is 0.328 e. The van der Waals surface area contributed by atoms with Gasteiger partial charge in [0.2, 0.25) is 5.91 Å². The van der Waals surface area contributed by atoms with Crippen LogP contribution < -0.4 is 10.1 Å². The Labute approximate surface area is 186 Å². The monoisotopic (exact) mass is 449 g/mol. The van der Waals surface area contributed by atoms with E-state index in [9.17, 15) is 19.5 Å². The number of benzene rings is 1. The van der Waals surface area contributed by atoms with E-state index in [4.69, 9.17) is 14.9 Å². The molecule has 0 saturated heterocycles. The van der Waals surface area contributed by atoms with E-state index in [1.807, 2.05) is 38.2 Å². The summed E-state index contributed by atoms with van der Waals surface area (Å²) in [6.07, 6.45) is 2.68. The number of ether oxygens (including phenoxy) is 1. The zero-order valence-electron chi connectivity index (χ0n) is 18.7. The van der Waals surface area contributed by atoms with Gasteiger partial charge in [0.15, 0.2) is 0 Å². The minimum absolute atomic E-state index is 0.0341. The topological polar surface area (TPSA) is 152 Å². The number of amides is 1. The molecule has 1 aromatic heterocycles. The van der Waals surface area contributed by atoms with E-state index in [2.05, 4.69) is 10.3 Å². The number of aliphatic hydroxyl groups excluding tert-OH is 1. The average Bonchev–Trinajstić information content (AvgIpc) is 3.13. The molecule has 0 radical (unpaired) electrons. The van der Waals surface area contributed by atoms with Gasteiger partial charge in [-0.3, -0.25) is 4.79 Å². The van der Waals surface area contributed by atoms with Crippen LogP contribution in [0.15, 0.2) is 36.5 Å². The number of carbonyl (C=O) groups excluding carboxylic acids is 1. The second kappa shape index (κ2) is 13.1. The van der Waals surface area contributed by atoms with Crippen molar-refractivity contribution in [3.63, 3.8) is 0 Å². The fraction of sp³-hybridized carbons (Fsp3) is 0.409. The summed E-state index contributed by atoms with van der Waals surface area (Å²) in [5, 5.41) is 29.7. The maximum Gasteiger partial charge on any atom is 0.328 e. The fourth-order valence-corrected chi connectivity index (χ4v) is 2.56. The van der Waals surface area contributed by atoms with Gasteiger partial charge in [-0.1, -0.05) is 19.9 Å². The molecule has 1 heterocycles. The van der Waals surface area contributed by atoms with Crippen molar-refractivity contribution in [2.45, 2.75) is 32.4 Å². The minimum atomic E-state index is -1.26. The van der Waals surface area contributed by atoms with Crippen LogP contribution in [0.2, 0.25) is 0 Å². The Balaban J connectivity index is 0.000000547. The van der Waals surface area contributed by atoms with E-state index >= 15 is 0 Å². The molecule has 1 amide bonds. The molecule has 10 nitrogen and oxygen atoms in total. The van der Waals surface area contributed by atoms with Gasteiger partial charge in [-0.2, -0.15) is 0 Å². The number of carboxylic acids is 2. The third-order valence-corrected chi connectivity index (χ3v) is 4.15. The van der Waals surface area contributed by atoms with Crippen LogP contribution in [-0.2, 0) is 20.8 Å². The first-order valence-electron chi connectivity index (χ1n) is 9.98. The highest BCUT2D eigenvalue weighted by molar-refractivity contribution is 5.93. The molecule has 1 aromatic carbocycles. The van der Waals surface area contributed by atoms with Crippen LogP contribution in [0, 0.1) is 0 Å². The summed E-state index contributed by atoms with van der Waals surface area (Å²) in [6.45, 7) is 4.74. The molecule has 10 heteroatoms. The second-order valence-corrected chi connectivity index (χ2v) is 7.50. The van der Waals surface area contributed by atoms with Crippen molar-refractivity contribution in [2.75, 3.05) is 27.2 Å². The lowest BCUT2D eigenvalue weighted by Crippen LogP contribution is -2.35. The third kappa shape index (κ3) is 9.63. The summed E-state index contributed by atoms with van der Waals surface area (Å²) in [6, 6.07) is 6.02. The van der Waals surface area contributed by atoms with E-state index in [0.29, 0.717) is 36.9 Å². The molecule has 0 saturated carbocycles.